The minimum Gasteiger partial charge on any atom is -0.493 e. The summed E-state index contributed by atoms with van der Waals surface area (Å²) in [6.07, 6.45) is 5.78. The summed E-state index contributed by atoms with van der Waals surface area (Å²) in [6.45, 7) is 3.89. The van der Waals surface area contributed by atoms with Gasteiger partial charge in [-0.25, -0.2) is 4.98 Å². The molecule has 3 aliphatic heterocycles. The fourth-order valence-corrected chi connectivity index (χ4v) is 5.71. The van der Waals surface area contributed by atoms with Gasteiger partial charge in [0.25, 0.3) is 5.91 Å². The van der Waals surface area contributed by atoms with Crippen molar-refractivity contribution in [3.8, 4) is 5.75 Å². The second-order valence-electron chi connectivity index (χ2n) is 10.3. The summed E-state index contributed by atoms with van der Waals surface area (Å²) in [5, 5.41) is 5.06. The summed E-state index contributed by atoms with van der Waals surface area (Å²) < 4.78 is 8.07. The third-order valence-electron chi connectivity index (χ3n) is 7.72. The normalized spacial score (nSPS) is 23.3. The van der Waals surface area contributed by atoms with E-state index in [0.717, 1.165) is 81.1 Å². The molecule has 2 bridgehead atoms. The number of carbonyl (C=O) groups is 1. The van der Waals surface area contributed by atoms with Crippen LogP contribution in [-0.4, -0.2) is 71.3 Å². The van der Waals surface area contributed by atoms with Gasteiger partial charge in [0.1, 0.15) is 17.4 Å². The standard InChI is InChI=1S/C27H35N7O2/c1-31-12-6-7-15-36-23-10-3-2-8-20(23)27(35)33-13-5-4-9-22(33)21-16-25-29-24(17-26(31)34(25)30-21)32-14-11-19(28)18-32/h2-3,8,10,16-17,19,22H,4-7,9,11-15,18,28H2,1H3/t19-,22?/m1/s1. The zero-order valence-electron chi connectivity index (χ0n) is 21.0. The highest BCUT2D eigenvalue weighted by Crippen LogP contribution is 2.35. The summed E-state index contributed by atoms with van der Waals surface area (Å²) >= 11 is 0. The SMILES string of the molecule is CN1CCCCOc2ccccc2C(=O)N2CCCCC2c2cc3nc(N4CC[C@@H](N)C4)cc1n3n2. The van der Waals surface area contributed by atoms with Crippen molar-refractivity contribution in [3.05, 3.63) is 47.7 Å². The number of hydrogen-bond acceptors (Lipinski definition) is 7. The van der Waals surface area contributed by atoms with Crippen molar-refractivity contribution in [1.29, 1.82) is 0 Å². The van der Waals surface area contributed by atoms with Crippen molar-refractivity contribution in [2.24, 2.45) is 5.73 Å². The number of piperidine rings is 1. The molecule has 2 atom stereocenters. The van der Waals surface area contributed by atoms with E-state index in [-0.39, 0.29) is 18.0 Å². The lowest BCUT2D eigenvalue weighted by molar-refractivity contribution is 0.0601. The summed E-state index contributed by atoms with van der Waals surface area (Å²) in [5.41, 5.74) is 8.55. The lowest BCUT2D eigenvalue weighted by Gasteiger charge is -2.35. The molecule has 36 heavy (non-hydrogen) atoms. The number of nitrogens with two attached hydrogens (primary N) is 1. The van der Waals surface area contributed by atoms with E-state index in [1.807, 2.05) is 33.7 Å². The number of benzene rings is 1. The second-order valence-corrected chi connectivity index (χ2v) is 10.3. The van der Waals surface area contributed by atoms with Gasteiger partial charge in [-0.3, -0.25) is 4.79 Å². The Balaban J connectivity index is 1.45. The highest BCUT2D eigenvalue weighted by molar-refractivity contribution is 5.97. The molecule has 5 heterocycles. The number of ether oxygens (including phenoxy) is 1. The number of anilines is 2. The molecule has 3 aliphatic rings. The molecule has 2 N–H and O–H groups in total. The molecular weight excluding hydrogens is 454 g/mol. The van der Waals surface area contributed by atoms with Crippen LogP contribution in [0.1, 0.15) is 60.6 Å². The van der Waals surface area contributed by atoms with Crippen molar-refractivity contribution in [2.75, 3.05) is 49.6 Å². The smallest absolute Gasteiger partial charge is 0.258 e. The Morgan fingerprint density at radius 3 is 2.75 bits per heavy atom. The van der Waals surface area contributed by atoms with Gasteiger partial charge in [-0.15, -0.1) is 0 Å². The lowest BCUT2D eigenvalue weighted by atomic mass is 9.98. The van der Waals surface area contributed by atoms with Gasteiger partial charge in [-0.1, -0.05) is 12.1 Å². The Morgan fingerprint density at radius 2 is 1.89 bits per heavy atom. The average Bonchev–Trinajstić information content (AvgIpc) is 3.53. The highest BCUT2D eigenvalue weighted by Gasteiger charge is 2.33. The van der Waals surface area contributed by atoms with Crippen molar-refractivity contribution in [3.63, 3.8) is 0 Å². The molecule has 0 spiro atoms. The molecule has 0 aliphatic carbocycles. The minimum absolute atomic E-state index is 0.0132. The fourth-order valence-electron chi connectivity index (χ4n) is 5.71. The van der Waals surface area contributed by atoms with Crippen molar-refractivity contribution >= 4 is 23.2 Å². The number of rotatable bonds is 1. The maximum atomic E-state index is 13.8. The Kier molecular flexibility index (Phi) is 6.17. The topological polar surface area (TPSA) is 92.2 Å². The first-order valence-electron chi connectivity index (χ1n) is 13.2. The predicted molar refractivity (Wildman–Crippen MR) is 140 cm³/mol. The fraction of sp³-hybridized carbons (Fsp3) is 0.519. The van der Waals surface area contributed by atoms with Crippen LogP contribution < -0.4 is 20.3 Å². The van der Waals surface area contributed by atoms with Crippen LogP contribution in [-0.2, 0) is 0 Å². The predicted octanol–water partition coefficient (Wildman–Crippen LogP) is 3.24. The molecule has 1 aromatic carbocycles. The van der Waals surface area contributed by atoms with Gasteiger partial charge in [-0.05, 0) is 50.7 Å². The Hall–Kier alpha value is -3.33. The van der Waals surface area contributed by atoms with E-state index in [2.05, 4.69) is 29.0 Å². The Bertz CT molecular complexity index is 1260. The number of hydrogen-bond donors (Lipinski definition) is 1. The molecule has 2 fully saturated rings. The lowest BCUT2D eigenvalue weighted by Crippen LogP contribution is -2.39. The quantitative estimate of drug-likeness (QED) is 0.561. The zero-order chi connectivity index (χ0) is 24.6. The van der Waals surface area contributed by atoms with E-state index in [1.54, 1.807) is 0 Å². The Labute approximate surface area is 211 Å². The molecule has 1 amide bonds. The first-order valence-corrected chi connectivity index (χ1v) is 13.2. The van der Waals surface area contributed by atoms with Gasteiger partial charge in [-0.2, -0.15) is 9.61 Å². The first-order chi connectivity index (χ1) is 17.6. The van der Waals surface area contributed by atoms with Crippen LogP contribution in [0.3, 0.4) is 0 Å². The summed E-state index contributed by atoms with van der Waals surface area (Å²) in [7, 11) is 2.11. The van der Waals surface area contributed by atoms with Gasteiger partial charge in [0.05, 0.1) is 23.9 Å². The molecule has 0 radical (unpaired) electrons. The van der Waals surface area contributed by atoms with E-state index in [9.17, 15) is 4.79 Å². The third-order valence-corrected chi connectivity index (χ3v) is 7.72. The van der Waals surface area contributed by atoms with Gasteiger partial charge in [0, 0.05) is 51.4 Å². The molecule has 1 unspecified atom stereocenters. The summed E-state index contributed by atoms with van der Waals surface area (Å²) in [5.74, 6) is 2.63. The highest BCUT2D eigenvalue weighted by atomic mass is 16.5. The molecule has 2 saturated heterocycles. The van der Waals surface area contributed by atoms with Crippen molar-refractivity contribution < 1.29 is 9.53 Å². The van der Waals surface area contributed by atoms with Crippen molar-refractivity contribution in [2.45, 2.75) is 50.6 Å². The van der Waals surface area contributed by atoms with E-state index in [1.165, 1.54) is 0 Å². The first kappa shape index (κ1) is 23.1. The maximum absolute atomic E-state index is 13.8. The van der Waals surface area contributed by atoms with Gasteiger partial charge in [0.2, 0.25) is 0 Å². The van der Waals surface area contributed by atoms with E-state index in [4.69, 9.17) is 20.6 Å². The van der Waals surface area contributed by atoms with Gasteiger partial charge >= 0.3 is 0 Å². The molecule has 3 aromatic rings. The van der Waals surface area contributed by atoms with Crippen LogP contribution in [0.25, 0.3) is 5.65 Å². The number of fused-ring (bicyclic) bond motifs is 4. The molecule has 9 nitrogen and oxygen atoms in total. The second kappa shape index (κ2) is 9.61. The minimum atomic E-state index is -0.0899. The Morgan fingerprint density at radius 1 is 1.03 bits per heavy atom. The molecular formula is C27H35N7O2. The maximum Gasteiger partial charge on any atom is 0.258 e. The molecule has 190 valence electrons. The molecule has 2 aromatic heterocycles. The van der Waals surface area contributed by atoms with Crippen LogP contribution in [0.15, 0.2) is 36.4 Å². The molecule has 9 heteroatoms. The van der Waals surface area contributed by atoms with E-state index in [0.29, 0.717) is 24.5 Å². The molecule has 6 rings (SSSR count). The van der Waals surface area contributed by atoms with Crippen molar-refractivity contribution in [1.82, 2.24) is 19.5 Å². The summed E-state index contributed by atoms with van der Waals surface area (Å²) in [6, 6.07) is 11.9. The van der Waals surface area contributed by atoms with Crippen LogP contribution in [0.5, 0.6) is 5.75 Å². The van der Waals surface area contributed by atoms with Crippen LogP contribution >= 0.6 is 0 Å². The largest absolute Gasteiger partial charge is 0.493 e. The average molecular weight is 490 g/mol. The summed E-state index contributed by atoms with van der Waals surface area (Å²) in [4.78, 5) is 25.3. The van der Waals surface area contributed by atoms with E-state index >= 15 is 0 Å². The van der Waals surface area contributed by atoms with Gasteiger partial charge in [0.15, 0.2) is 5.65 Å². The van der Waals surface area contributed by atoms with Crippen LogP contribution in [0, 0.1) is 0 Å². The van der Waals surface area contributed by atoms with E-state index < -0.39 is 0 Å². The number of para-hydroxylation sites is 1. The van der Waals surface area contributed by atoms with Crippen LogP contribution in [0.4, 0.5) is 11.6 Å². The molecule has 0 saturated carbocycles. The zero-order valence-corrected chi connectivity index (χ0v) is 21.0. The third kappa shape index (κ3) is 4.25. The monoisotopic (exact) mass is 489 g/mol. The van der Waals surface area contributed by atoms with Crippen LogP contribution in [0.2, 0.25) is 0 Å². The number of carbonyl (C=O) groups excluding carboxylic acids is 1. The number of aromatic nitrogens is 3. The number of amides is 1. The van der Waals surface area contributed by atoms with Gasteiger partial charge < -0.3 is 25.2 Å². The number of nitrogens with zero attached hydrogens (tertiary/aromatic N) is 6.